The summed E-state index contributed by atoms with van der Waals surface area (Å²) in [5.74, 6) is 0.775. The zero-order valence-corrected chi connectivity index (χ0v) is 11.2. The van der Waals surface area contributed by atoms with Crippen LogP contribution in [0.2, 0.25) is 5.02 Å². The number of halogens is 1. The predicted octanol–water partition coefficient (Wildman–Crippen LogP) is 2.99. The van der Waals surface area contributed by atoms with E-state index < -0.39 is 0 Å². The molecule has 1 aromatic heterocycles. The van der Waals surface area contributed by atoms with Crippen molar-refractivity contribution in [3.63, 3.8) is 0 Å². The second-order valence-electron chi connectivity index (χ2n) is 4.67. The molecule has 2 aromatic rings. The molecule has 0 saturated carbocycles. The van der Waals surface area contributed by atoms with Crippen molar-refractivity contribution in [3.8, 4) is 0 Å². The van der Waals surface area contributed by atoms with Crippen LogP contribution in [0.15, 0.2) is 40.7 Å². The van der Waals surface area contributed by atoms with Crippen molar-refractivity contribution in [1.82, 2.24) is 4.98 Å². The molecule has 1 atom stereocenters. The summed E-state index contributed by atoms with van der Waals surface area (Å²) < 4.78 is 0. The van der Waals surface area contributed by atoms with Crippen LogP contribution in [0.5, 0.6) is 0 Å². The topological polar surface area (TPSA) is 63.6 Å². The molecule has 5 heteroatoms. The Morgan fingerprint density at radius 2 is 2.11 bits per heavy atom. The maximum Gasteiger partial charge on any atom is 0.125 e. The summed E-state index contributed by atoms with van der Waals surface area (Å²) in [6.45, 7) is 2.04. The number of rotatable bonds is 1. The van der Waals surface area contributed by atoms with Crippen LogP contribution >= 0.6 is 11.6 Å². The Balaban J connectivity index is 2.20. The number of hydrogen-bond donors (Lipinski definition) is 1. The molecule has 2 heterocycles. The standard InChI is InChI=1S/C14H13ClN4/c1-8-7-12(18-19-14(8)16)10-4-5-11(15)9-3-2-6-17-13(9)10/h2-6,8H,7H2,1H3,(H2,16,19). The normalized spacial score (nSPS) is 19.2. The predicted molar refractivity (Wildman–Crippen MR) is 78.7 cm³/mol. The number of nitrogens with zero attached hydrogens (tertiary/aromatic N) is 3. The van der Waals surface area contributed by atoms with Crippen LogP contribution in [0.4, 0.5) is 0 Å². The van der Waals surface area contributed by atoms with Crippen molar-refractivity contribution in [1.29, 1.82) is 0 Å². The van der Waals surface area contributed by atoms with Crippen LogP contribution in [-0.4, -0.2) is 16.5 Å². The molecule has 2 N–H and O–H groups in total. The van der Waals surface area contributed by atoms with Crippen LogP contribution in [0.25, 0.3) is 10.9 Å². The summed E-state index contributed by atoms with van der Waals surface area (Å²) in [4.78, 5) is 4.42. The Morgan fingerprint density at radius 1 is 1.26 bits per heavy atom. The van der Waals surface area contributed by atoms with Crippen molar-refractivity contribution in [2.45, 2.75) is 13.3 Å². The van der Waals surface area contributed by atoms with Gasteiger partial charge < -0.3 is 5.73 Å². The number of amidine groups is 1. The van der Waals surface area contributed by atoms with Crippen molar-refractivity contribution in [2.24, 2.45) is 21.9 Å². The molecule has 0 bridgehead atoms. The highest BCUT2D eigenvalue weighted by Gasteiger charge is 2.19. The molecule has 4 nitrogen and oxygen atoms in total. The van der Waals surface area contributed by atoms with E-state index in [1.54, 1.807) is 6.20 Å². The minimum Gasteiger partial charge on any atom is -0.385 e. The van der Waals surface area contributed by atoms with Gasteiger partial charge in [-0.05, 0) is 24.3 Å². The largest absolute Gasteiger partial charge is 0.385 e. The smallest absolute Gasteiger partial charge is 0.125 e. The van der Waals surface area contributed by atoms with E-state index in [2.05, 4.69) is 15.2 Å². The first kappa shape index (κ1) is 12.1. The Kier molecular flexibility index (Phi) is 2.95. The fraction of sp³-hybridized carbons (Fsp3) is 0.214. The fourth-order valence-electron chi connectivity index (χ4n) is 2.19. The molecule has 0 radical (unpaired) electrons. The van der Waals surface area contributed by atoms with Gasteiger partial charge in [-0.2, -0.15) is 5.10 Å². The molecule has 19 heavy (non-hydrogen) atoms. The van der Waals surface area contributed by atoms with E-state index in [1.165, 1.54) is 0 Å². The Hall–Kier alpha value is -1.94. The summed E-state index contributed by atoms with van der Waals surface area (Å²) in [5.41, 5.74) is 8.50. The Labute approximate surface area is 116 Å². The molecular weight excluding hydrogens is 260 g/mol. The van der Waals surface area contributed by atoms with Gasteiger partial charge in [0.2, 0.25) is 0 Å². The highest BCUT2D eigenvalue weighted by atomic mass is 35.5. The number of pyridine rings is 1. The molecular formula is C14H13ClN4. The van der Waals surface area contributed by atoms with E-state index in [0.717, 1.165) is 28.6 Å². The second-order valence-corrected chi connectivity index (χ2v) is 5.08. The van der Waals surface area contributed by atoms with Gasteiger partial charge >= 0.3 is 0 Å². The number of aromatic nitrogens is 1. The van der Waals surface area contributed by atoms with Crippen LogP contribution in [0, 0.1) is 5.92 Å². The molecule has 1 aliphatic heterocycles. The van der Waals surface area contributed by atoms with Gasteiger partial charge in [0.15, 0.2) is 0 Å². The van der Waals surface area contributed by atoms with Crippen molar-refractivity contribution >= 4 is 34.1 Å². The third-order valence-corrected chi connectivity index (χ3v) is 3.65. The maximum atomic E-state index is 6.19. The van der Waals surface area contributed by atoms with Crippen LogP contribution < -0.4 is 5.73 Å². The average molecular weight is 273 g/mol. The van der Waals surface area contributed by atoms with Gasteiger partial charge in [-0.15, -0.1) is 5.10 Å². The monoisotopic (exact) mass is 272 g/mol. The van der Waals surface area contributed by atoms with Crippen molar-refractivity contribution in [3.05, 3.63) is 41.0 Å². The minimum absolute atomic E-state index is 0.196. The van der Waals surface area contributed by atoms with Gasteiger partial charge in [0, 0.05) is 29.5 Å². The number of benzene rings is 1. The van der Waals surface area contributed by atoms with Gasteiger partial charge in [0.1, 0.15) is 5.84 Å². The van der Waals surface area contributed by atoms with Crippen LogP contribution in [-0.2, 0) is 0 Å². The third-order valence-electron chi connectivity index (χ3n) is 3.32. The first-order valence-electron chi connectivity index (χ1n) is 6.10. The summed E-state index contributed by atoms with van der Waals surface area (Å²) in [6.07, 6.45) is 2.52. The number of fused-ring (bicyclic) bond motifs is 1. The Morgan fingerprint density at radius 3 is 2.89 bits per heavy atom. The number of hydrogen-bond acceptors (Lipinski definition) is 4. The highest BCUT2D eigenvalue weighted by Crippen LogP contribution is 2.27. The lowest BCUT2D eigenvalue weighted by Gasteiger charge is -2.17. The average Bonchev–Trinajstić information content (AvgIpc) is 2.43. The maximum absolute atomic E-state index is 6.19. The summed E-state index contributed by atoms with van der Waals surface area (Å²) in [6, 6.07) is 7.65. The molecule has 0 aliphatic carbocycles. The van der Waals surface area contributed by atoms with Crippen LogP contribution in [0.1, 0.15) is 18.9 Å². The van der Waals surface area contributed by atoms with Gasteiger partial charge in [-0.25, -0.2) is 0 Å². The lowest BCUT2D eigenvalue weighted by atomic mass is 9.95. The molecule has 0 amide bonds. The molecule has 1 aliphatic rings. The zero-order chi connectivity index (χ0) is 13.4. The summed E-state index contributed by atoms with van der Waals surface area (Å²) in [7, 11) is 0. The minimum atomic E-state index is 0.196. The van der Waals surface area contributed by atoms with E-state index in [-0.39, 0.29) is 5.92 Å². The van der Waals surface area contributed by atoms with Gasteiger partial charge in [-0.1, -0.05) is 18.5 Å². The molecule has 3 rings (SSSR count). The van der Waals surface area contributed by atoms with E-state index in [4.69, 9.17) is 17.3 Å². The number of nitrogens with two attached hydrogens (primary N) is 1. The van der Waals surface area contributed by atoms with Crippen molar-refractivity contribution < 1.29 is 0 Å². The lowest BCUT2D eigenvalue weighted by molar-refractivity contribution is 0.780. The molecule has 96 valence electrons. The summed E-state index contributed by atoms with van der Waals surface area (Å²) in [5, 5.41) is 9.85. The zero-order valence-electron chi connectivity index (χ0n) is 10.5. The molecule has 1 unspecified atom stereocenters. The van der Waals surface area contributed by atoms with Crippen molar-refractivity contribution in [2.75, 3.05) is 0 Å². The fourth-order valence-corrected chi connectivity index (χ4v) is 2.40. The molecule has 0 spiro atoms. The quantitative estimate of drug-likeness (QED) is 0.867. The van der Waals surface area contributed by atoms with Crippen LogP contribution in [0.3, 0.4) is 0 Å². The lowest BCUT2D eigenvalue weighted by Crippen LogP contribution is -2.27. The van der Waals surface area contributed by atoms with Gasteiger partial charge in [0.25, 0.3) is 0 Å². The van der Waals surface area contributed by atoms with E-state index in [1.807, 2.05) is 31.2 Å². The third kappa shape index (κ3) is 2.08. The molecule has 0 saturated heterocycles. The highest BCUT2D eigenvalue weighted by molar-refractivity contribution is 6.36. The van der Waals surface area contributed by atoms with Gasteiger partial charge in [0.05, 0.1) is 16.3 Å². The molecule has 0 fully saturated rings. The second kappa shape index (κ2) is 4.63. The molecule has 1 aromatic carbocycles. The van der Waals surface area contributed by atoms with E-state index >= 15 is 0 Å². The SMILES string of the molecule is CC1CC(c2ccc(Cl)c3cccnc23)=NN=C1N. The van der Waals surface area contributed by atoms with E-state index in [9.17, 15) is 0 Å². The van der Waals surface area contributed by atoms with Gasteiger partial charge in [-0.3, -0.25) is 4.98 Å². The first-order chi connectivity index (χ1) is 9.16. The summed E-state index contributed by atoms with van der Waals surface area (Å²) >= 11 is 6.19. The first-order valence-corrected chi connectivity index (χ1v) is 6.48. The Bertz CT molecular complexity index is 706. The van der Waals surface area contributed by atoms with E-state index in [0.29, 0.717) is 10.9 Å².